The van der Waals surface area contributed by atoms with Crippen LogP contribution in [0.5, 0.6) is 0 Å². The fourth-order valence-electron chi connectivity index (χ4n) is 3.65. The maximum absolute atomic E-state index is 13.1. The fourth-order valence-corrected chi connectivity index (χ4v) is 4.94. The number of hydrogen-bond acceptors (Lipinski definition) is 6. The molecular weight excluding hydrogens is 434 g/mol. The van der Waals surface area contributed by atoms with Crippen LogP contribution < -0.4 is 4.90 Å². The van der Waals surface area contributed by atoms with E-state index in [4.69, 9.17) is 11.6 Å². The molecule has 1 atom stereocenters. The third-order valence-corrected chi connectivity index (χ3v) is 6.38. The summed E-state index contributed by atoms with van der Waals surface area (Å²) < 4.78 is 0.795. The first-order chi connectivity index (χ1) is 15.1. The number of aliphatic hydroxyl groups is 1. The Kier molecular flexibility index (Phi) is 4.77. The van der Waals surface area contributed by atoms with Crippen molar-refractivity contribution in [1.82, 2.24) is 9.97 Å². The topological polar surface area (TPSA) is 83.4 Å². The SMILES string of the molecule is O=C1C(=O)N(c2nc3c(Cl)cccc3s2)C(c2ccccc2)C1=C(O)c1cccnc1. The minimum atomic E-state index is -0.833. The zero-order chi connectivity index (χ0) is 21.5. The molecule has 4 aromatic rings. The first kappa shape index (κ1) is 19.4. The van der Waals surface area contributed by atoms with E-state index in [2.05, 4.69) is 9.97 Å². The van der Waals surface area contributed by atoms with E-state index in [1.165, 1.54) is 22.4 Å². The molecule has 0 aliphatic carbocycles. The van der Waals surface area contributed by atoms with E-state index in [0.717, 1.165) is 4.70 Å². The van der Waals surface area contributed by atoms with Gasteiger partial charge in [0.25, 0.3) is 5.78 Å². The smallest absolute Gasteiger partial charge is 0.301 e. The maximum Gasteiger partial charge on any atom is 0.301 e. The Morgan fingerprint density at radius 2 is 1.84 bits per heavy atom. The number of anilines is 1. The van der Waals surface area contributed by atoms with Crippen molar-refractivity contribution in [2.45, 2.75) is 6.04 Å². The van der Waals surface area contributed by atoms with E-state index in [1.807, 2.05) is 24.3 Å². The van der Waals surface area contributed by atoms with Crippen molar-refractivity contribution in [3.8, 4) is 0 Å². The highest BCUT2D eigenvalue weighted by molar-refractivity contribution is 7.22. The lowest BCUT2D eigenvalue weighted by atomic mass is 9.96. The third kappa shape index (κ3) is 3.19. The quantitative estimate of drug-likeness (QED) is 0.272. The van der Waals surface area contributed by atoms with Crippen LogP contribution in [0.1, 0.15) is 17.2 Å². The molecule has 5 rings (SSSR count). The van der Waals surface area contributed by atoms with Crippen LogP contribution in [0.15, 0.2) is 78.6 Å². The number of halogens is 1. The highest BCUT2D eigenvalue weighted by Crippen LogP contribution is 2.44. The van der Waals surface area contributed by atoms with Gasteiger partial charge in [-0.3, -0.25) is 19.5 Å². The van der Waals surface area contributed by atoms with Crippen LogP contribution in [-0.2, 0) is 9.59 Å². The van der Waals surface area contributed by atoms with Crippen LogP contribution in [0.25, 0.3) is 16.0 Å². The summed E-state index contributed by atoms with van der Waals surface area (Å²) >= 11 is 7.54. The molecule has 3 heterocycles. The summed E-state index contributed by atoms with van der Waals surface area (Å²) in [5.74, 6) is -1.81. The average molecular weight is 448 g/mol. The summed E-state index contributed by atoms with van der Waals surface area (Å²) in [5, 5.41) is 11.8. The predicted molar refractivity (Wildman–Crippen MR) is 120 cm³/mol. The Bertz CT molecular complexity index is 1350. The summed E-state index contributed by atoms with van der Waals surface area (Å²) in [5.41, 5.74) is 1.59. The van der Waals surface area contributed by atoms with Crippen molar-refractivity contribution in [2.24, 2.45) is 0 Å². The van der Waals surface area contributed by atoms with E-state index >= 15 is 0 Å². The normalized spacial score (nSPS) is 18.1. The Morgan fingerprint density at radius 1 is 1.03 bits per heavy atom. The summed E-state index contributed by atoms with van der Waals surface area (Å²) in [7, 11) is 0. The summed E-state index contributed by atoms with van der Waals surface area (Å²) in [4.78, 5) is 36.1. The highest BCUT2D eigenvalue weighted by Gasteiger charge is 2.48. The van der Waals surface area contributed by atoms with E-state index in [0.29, 0.717) is 26.8 Å². The Morgan fingerprint density at radius 3 is 2.55 bits per heavy atom. The van der Waals surface area contributed by atoms with Gasteiger partial charge in [0.1, 0.15) is 11.3 Å². The van der Waals surface area contributed by atoms with Gasteiger partial charge < -0.3 is 5.11 Å². The Labute approximate surface area is 186 Å². The van der Waals surface area contributed by atoms with Crippen molar-refractivity contribution in [1.29, 1.82) is 0 Å². The first-order valence-corrected chi connectivity index (χ1v) is 10.6. The van der Waals surface area contributed by atoms with Gasteiger partial charge in [-0.05, 0) is 29.8 Å². The molecule has 1 N–H and O–H groups in total. The van der Waals surface area contributed by atoms with E-state index in [-0.39, 0.29) is 11.3 Å². The van der Waals surface area contributed by atoms with Gasteiger partial charge in [0.2, 0.25) is 0 Å². The average Bonchev–Trinajstić information content (AvgIpc) is 3.34. The monoisotopic (exact) mass is 447 g/mol. The summed E-state index contributed by atoms with van der Waals surface area (Å²) in [6.45, 7) is 0. The second-order valence-corrected chi connectivity index (χ2v) is 8.32. The van der Waals surface area contributed by atoms with Gasteiger partial charge in [-0.2, -0.15) is 0 Å². The number of pyridine rings is 1. The molecule has 8 heteroatoms. The standard InChI is InChI=1S/C23H14ClN3O3S/c24-15-9-4-10-16-18(15)26-23(31-16)27-19(13-6-2-1-3-7-13)17(21(29)22(27)30)20(28)14-8-5-11-25-12-14/h1-12,19,28H. The molecule has 1 fully saturated rings. The number of Topliss-reactive ketones (excluding diaryl/α,β-unsaturated/α-hetero) is 1. The van der Waals surface area contributed by atoms with Gasteiger partial charge in [0.15, 0.2) is 5.13 Å². The number of nitrogens with zero attached hydrogens (tertiary/aromatic N) is 3. The number of carbonyl (C=O) groups is 2. The van der Waals surface area contributed by atoms with Crippen LogP contribution in [-0.4, -0.2) is 26.8 Å². The van der Waals surface area contributed by atoms with Crippen molar-refractivity contribution < 1.29 is 14.7 Å². The van der Waals surface area contributed by atoms with Gasteiger partial charge >= 0.3 is 5.91 Å². The van der Waals surface area contributed by atoms with E-state index in [1.54, 1.807) is 42.6 Å². The Balaban J connectivity index is 1.75. The van der Waals surface area contributed by atoms with Gasteiger partial charge in [0.05, 0.1) is 21.3 Å². The van der Waals surface area contributed by atoms with Crippen molar-refractivity contribution in [2.75, 3.05) is 4.90 Å². The predicted octanol–water partition coefficient (Wildman–Crippen LogP) is 4.97. The maximum atomic E-state index is 13.1. The molecule has 1 aliphatic heterocycles. The van der Waals surface area contributed by atoms with Crippen molar-refractivity contribution in [3.63, 3.8) is 0 Å². The minimum Gasteiger partial charge on any atom is -0.507 e. The number of aliphatic hydroxyl groups excluding tert-OH is 1. The lowest BCUT2D eigenvalue weighted by Crippen LogP contribution is -2.29. The first-order valence-electron chi connectivity index (χ1n) is 9.37. The van der Waals surface area contributed by atoms with Crippen molar-refractivity contribution >= 4 is 55.7 Å². The van der Waals surface area contributed by atoms with E-state index < -0.39 is 17.7 Å². The molecule has 0 saturated carbocycles. The van der Waals surface area contributed by atoms with Gasteiger partial charge in [-0.15, -0.1) is 0 Å². The zero-order valence-corrected chi connectivity index (χ0v) is 17.5. The zero-order valence-electron chi connectivity index (χ0n) is 15.9. The third-order valence-electron chi connectivity index (χ3n) is 5.06. The molecule has 2 aromatic heterocycles. The van der Waals surface area contributed by atoms with E-state index in [9.17, 15) is 14.7 Å². The number of ketones is 1. The van der Waals surface area contributed by atoms with Crippen LogP contribution in [0.3, 0.4) is 0 Å². The lowest BCUT2D eigenvalue weighted by Gasteiger charge is -2.22. The Hall–Kier alpha value is -3.55. The van der Waals surface area contributed by atoms with Crippen LogP contribution >= 0.6 is 22.9 Å². The number of thiazole rings is 1. The largest absolute Gasteiger partial charge is 0.507 e. The molecule has 2 aromatic carbocycles. The molecule has 1 aliphatic rings. The molecule has 0 radical (unpaired) electrons. The molecule has 0 bridgehead atoms. The van der Waals surface area contributed by atoms with Gasteiger partial charge in [-0.25, -0.2) is 4.98 Å². The van der Waals surface area contributed by atoms with Crippen LogP contribution in [0.4, 0.5) is 5.13 Å². The highest BCUT2D eigenvalue weighted by atomic mass is 35.5. The fraction of sp³-hybridized carbons (Fsp3) is 0.0435. The summed E-state index contributed by atoms with van der Waals surface area (Å²) in [6.07, 6.45) is 3.01. The number of amides is 1. The second-order valence-electron chi connectivity index (χ2n) is 6.90. The van der Waals surface area contributed by atoms with Gasteiger partial charge in [-0.1, -0.05) is 59.3 Å². The van der Waals surface area contributed by atoms with Crippen LogP contribution in [0.2, 0.25) is 5.02 Å². The molecule has 1 saturated heterocycles. The molecule has 31 heavy (non-hydrogen) atoms. The molecule has 1 amide bonds. The number of benzene rings is 2. The number of rotatable bonds is 3. The number of fused-ring (bicyclic) bond motifs is 1. The van der Waals surface area contributed by atoms with Crippen LogP contribution in [0, 0.1) is 0 Å². The molecule has 6 nitrogen and oxygen atoms in total. The van der Waals surface area contributed by atoms with Gasteiger partial charge in [0, 0.05) is 18.0 Å². The minimum absolute atomic E-state index is 0.00504. The lowest BCUT2D eigenvalue weighted by molar-refractivity contribution is -0.132. The summed E-state index contributed by atoms with van der Waals surface area (Å²) in [6, 6.07) is 16.9. The number of hydrogen-bond donors (Lipinski definition) is 1. The number of aromatic nitrogens is 2. The molecule has 1 unspecified atom stereocenters. The number of carbonyl (C=O) groups excluding carboxylic acids is 2. The molecule has 152 valence electrons. The van der Waals surface area contributed by atoms with Crippen molar-refractivity contribution in [3.05, 3.63) is 94.8 Å². The molecular formula is C23H14ClN3O3S. The number of para-hydroxylation sites is 1. The molecule has 0 spiro atoms. The second kappa shape index (κ2) is 7.61.